The summed E-state index contributed by atoms with van der Waals surface area (Å²) in [5.41, 5.74) is 4.36. The zero-order valence-corrected chi connectivity index (χ0v) is 16.6. The van der Waals surface area contributed by atoms with Gasteiger partial charge < -0.3 is 4.55 Å². The van der Waals surface area contributed by atoms with E-state index in [0.29, 0.717) is 0 Å². The van der Waals surface area contributed by atoms with E-state index in [0.717, 1.165) is 11.0 Å². The van der Waals surface area contributed by atoms with E-state index in [9.17, 15) is 13.2 Å². The normalized spacial score (nSPS) is 15.3. The second-order valence-corrected chi connectivity index (χ2v) is 8.70. The predicted octanol–water partition coefficient (Wildman–Crippen LogP) is 4.41. The summed E-state index contributed by atoms with van der Waals surface area (Å²) in [5.74, 6) is 0. The van der Waals surface area contributed by atoms with Gasteiger partial charge in [0, 0.05) is 17.2 Å². The maximum atomic E-state index is 10.7. The Balaban J connectivity index is 0.000000279. The van der Waals surface area contributed by atoms with Crippen LogP contribution in [0.25, 0.3) is 11.1 Å². The lowest BCUT2D eigenvalue weighted by Crippen LogP contribution is -2.42. The smallest absolute Gasteiger partial charge is 0.485 e. The molecule has 3 rings (SSSR count). The van der Waals surface area contributed by atoms with Crippen LogP contribution in [0.4, 0.5) is 18.9 Å². The first-order chi connectivity index (χ1) is 12.1. The molecule has 148 valence electrons. The fraction of sp³-hybridized carbons (Fsp3) is 0.368. The van der Waals surface area contributed by atoms with Gasteiger partial charge in [0.1, 0.15) is 12.2 Å². The molecule has 8 heteroatoms. The maximum absolute atomic E-state index is 10.7. The molecule has 0 atom stereocenters. The van der Waals surface area contributed by atoms with Gasteiger partial charge in [0.2, 0.25) is 0 Å². The molecule has 0 saturated carbocycles. The number of halogens is 3. The molecule has 1 aliphatic heterocycles. The van der Waals surface area contributed by atoms with Gasteiger partial charge in [0.25, 0.3) is 0 Å². The molecule has 2 aromatic rings. The zero-order valence-electron chi connectivity index (χ0n) is 15.8. The molecule has 27 heavy (non-hydrogen) atoms. The minimum absolute atomic E-state index is 0.939. The van der Waals surface area contributed by atoms with E-state index in [1.165, 1.54) is 39.1 Å². The lowest BCUT2D eigenvalue weighted by Gasteiger charge is -2.37. The van der Waals surface area contributed by atoms with Crippen molar-refractivity contribution in [1.82, 2.24) is 4.48 Å². The van der Waals surface area contributed by atoms with Crippen LogP contribution in [-0.4, -0.2) is 32.6 Å². The van der Waals surface area contributed by atoms with Crippen LogP contribution in [0.5, 0.6) is 0 Å². The number of quaternary nitrogens is 1. The molecule has 0 amide bonds. The Labute approximate surface area is 157 Å². The molecule has 0 aliphatic carbocycles. The summed E-state index contributed by atoms with van der Waals surface area (Å²) in [6.45, 7) is 7.74. The van der Waals surface area contributed by atoms with Crippen LogP contribution in [-0.2, 0) is 16.7 Å². The third-order valence-corrected chi connectivity index (χ3v) is 5.14. The van der Waals surface area contributed by atoms with E-state index in [2.05, 4.69) is 65.2 Å². The van der Waals surface area contributed by atoms with Gasteiger partial charge in [-0.05, 0) is 43.0 Å². The minimum Gasteiger partial charge on any atom is -0.741 e. The van der Waals surface area contributed by atoms with Crippen molar-refractivity contribution in [2.45, 2.75) is 32.8 Å². The predicted molar refractivity (Wildman–Crippen MR) is 99.2 cm³/mol. The number of rotatable bonds is 0. The van der Waals surface area contributed by atoms with Gasteiger partial charge in [-0.1, -0.05) is 24.3 Å². The molecule has 1 aliphatic rings. The molecule has 0 radical (unpaired) electrons. The number of aryl methyl sites for hydroxylation is 3. The average molecular weight is 401 g/mol. The third kappa shape index (κ3) is 4.34. The van der Waals surface area contributed by atoms with Gasteiger partial charge in [0.05, 0.1) is 14.1 Å². The number of hydrogen-bond donors (Lipinski definition) is 0. The lowest BCUT2D eigenvalue weighted by atomic mass is 9.85. The summed E-state index contributed by atoms with van der Waals surface area (Å²) in [7, 11) is -1.47. The van der Waals surface area contributed by atoms with Crippen molar-refractivity contribution in [1.29, 1.82) is 0 Å². The topological polar surface area (TPSA) is 57.2 Å². The summed E-state index contributed by atoms with van der Waals surface area (Å²) in [6.07, 6.45) is 0. The van der Waals surface area contributed by atoms with Crippen LogP contribution in [0.3, 0.4) is 0 Å². The molecule has 4 nitrogen and oxygen atoms in total. The Bertz CT molecular complexity index is 980. The highest BCUT2D eigenvalue weighted by molar-refractivity contribution is 7.86. The quantitative estimate of drug-likeness (QED) is 0.373. The highest BCUT2D eigenvalue weighted by Crippen LogP contribution is 2.45. The highest BCUT2D eigenvalue weighted by Gasteiger charge is 2.37. The van der Waals surface area contributed by atoms with Crippen LogP contribution >= 0.6 is 0 Å². The van der Waals surface area contributed by atoms with Crippen molar-refractivity contribution in [2.24, 2.45) is 0 Å². The molecule has 0 bridgehead atoms. The van der Waals surface area contributed by atoms with Gasteiger partial charge in [0.15, 0.2) is 10.1 Å². The van der Waals surface area contributed by atoms with Crippen molar-refractivity contribution in [3.05, 3.63) is 52.6 Å². The average Bonchev–Trinajstić information content (AvgIpc) is 2.46. The Morgan fingerprint density at radius 3 is 2.07 bits per heavy atom. The molecule has 0 N–H and O–H groups in total. The molecule has 1 heterocycles. The fourth-order valence-electron chi connectivity index (χ4n) is 3.48. The molecule has 0 unspecified atom stereocenters. The van der Waals surface area contributed by atoms with Crippen molar-refractivity contribution in [2.75, 3.05) is 14.1 Å². The maximum Gasteiger partial charge on any atom is 0.485 e. The van der Waals surface area contributed by atoms with Crippen LogP contribution in [0, 0.1) is 20.8 Å². The number of fused-ring (bicyclic) bond motifs is 3. The van der Waals surface area contributed by atoms with Gasteiger partial charge in [-0.2, -0.15) is 13.2 Å². The van der Waals surface area contributed by atoms with Crippen LogP contribution in [0.15, 0.2) is 30.3 Å². The van der Waals surface area contributed by atoms with Gasteiger partial charge >= 0.3 is 5.51 Å². The first-order valence-electron chi connectivity index (χ1n) is 8.21. The zero-order chi connectivity index (χ0) is 20.8. The Morgan fingerprint density at radius 2 is 1.56 bits per heavy atom. The van der Waals surface area contributed by atoms with E-state index >= 15 is 0 Å². The number of nitrogens with zero attached hydrogens (tertiary/aromatic N) is 1. The second-order valence-electron chi connectivity index (χ2n) is 7.33. The standard InChI is InChI=1S/C18H22N.CHF3O3S/c1-12-9-14(3)18-16(10-12)19(4,5)11-15-8-6-7-13(2)17(15)18;2-1(3,4)8(5,6)7/h6-10H,11H2,1-5H3;(H,5,6,7)/q+1;/p-1. The summed E-state index contributed by atoms with van der Waals surface area (Å²) < 4.78 is 59.8. The van der Waals surface area contributed by atoms with Crippen molar-refractivity contribution >= 4 is 15.8 Å². The number of alkyl halides is 3. The number of benzene rings is 2. The first-order valence-corrected chi connectivity index (χ1v) is 9.62. The lowest BCUT2D eigenvalue weighted by molar-refractivity contribution is -0.0517. The summed E-state index contributed by atoms with van der Waals surface area (Å²) >= 11 is 0. The van der Waals surface area contributed by atoms with E-state index in [1.807, 2.05) is 0 Å². The SMILES string of the molecule is Cc1cc(C)c2c(c1)[N+](C)(C)Cc1cccc(C)c1-2.O=S(=O)([O-])C(F)(F)F. The summed E-state index contributed by atoms with van der Waals surface area (Å²) in [5, 5.41) is 0. The second kappa shape index (κ2) is 6.92. The molecular weight excluding hydrogens is 379 g/mol. The van der Waals surface area contributed by atoms with Crippen molar-refractivity contribution in [3.8, 4) is 11.1 Å². The van der Waals surface area contributed by atoms with Crippen LogP contribution < -0.4 is 4.48 Å². The van der Waals surface area contributed by atoms with E-state index in [1.54, 1.807) is 0 Å². The van der Waals surface area contributed by atoms with Gasteiger partial charge in [-0.15, -0.1) is 0 Å². The van der Waals surface area contributed by atoms with E-state index in [4.69, 9.17) is 13.0 Å². The monoisotopic (exact) mass is 401 g/mol. The molecule has 0 fully saturated rings. The van der Waals surface area contributed by atoms with Crippen molar-refractivity contribution < 1.29 is 26.1 Å². The molecule has 0 aromatic heterocycles. The Hall–Kier alpha value is -1.90. The van der Waals surface area contributed by atoms with Crippen molar-refractivity contribution in [3.63, 3.8) is 0 Å². The largest absolute Gasteiger partial charge is 0.741 e. The Morgan fingerprint density at radius 1 is 1.00 bits per heavy atom. The third-order valence-electron chi connectivity index (χ3n) is 4.57. The van der Waals surface area contributed by atoms with Crippen LogP contribution in [0.2, 0.25) is 0 Å². The fourth-order valence-corrected chi connectivity index (χ4v) is 3.48. The Kier molecular flexibility index (Phi) is 5.49. The minimum atomic E-state index is -6.09. The van der Waals surface area contributed by atoms with E-state index in [-0.39, 0.29) is 0 Å². The summed E-state index contributed by atoms with van der Waals surface area (Å²) in [4.78, 5) is 0. The van der Waals surface area contributed by atoms with E-state index < -0.39 is 15.6 Å². The van der Waals surface area contributed by atoms with Crippen LogP contribution in [0.1, 0.15) is 22.3 Å². The number of hydrogen-bond acceptors (Lipinski definition) is 3. The molecule has 2 aromatic carbocycles. The molecular formula is C19H22F3NO3S. The molecule has 0 saturated heterocycles. The first kappa shape index (κ1) is 21.4. The van der Waals surface area contributed by atoms with Gasteiger partial charge in [-0.3, -0.25) is 4.48 Å². The van der Waals surface area contributed by atoms with Gasteiger partial charge in [-0.25, -0.2) is 8.42 Å². The summed E-state index contributed by atoms with van der Waals surface area (Å²) in [6, 6.07) is 11.4. The highest BCUT2D eigenvalue weighted by atomic mass is 32.2. The molecule has 0 spiro atoms.